The summed E-state index contributed by atoms with van der Waals surface area (Å²) in [7, 11) is 0. The highest BCUT2D eigenvalue weighted by Gasteiger charge is 2.19. The Morgan fingerprint density at radius 3 is 1.42 bits per heavy atom. The molecule has 0 saturated heterocycles. The molecule has 55 heavy (non-hydrogen) atoms. The summed E-state index contributed by atoms with van der Waals surface area (Å²) in [6.07, 6.45) is 0. The monoisotopic (exact) mass is 699 g/mol. The van der Waals surface area contributed by atoms with Gasteiger partial charge in [0.15, 0.2) is 0 Å². The normalized spacial score (nSPS) is 11.6. The first-order valence-electron chi connectivity index (χ1n) is 18.3. The molecule has 0 unspecified atom stereocenters. The molecule has 11 rings (SSSR count). The van der Waals surface area contributed by atoms with E-state index in [0.29, 0.717) is 11.1 Å². The number of benzene rings is 8. The van der Waals surface area contributed by atoms with Gasteiger partial charge in [-0.05, 0) is 90.0 Å². The minimum Gasteiger partial charge on any atom is -0.309 e. The van der Waals surface area contributed by atoms with Crippen LogP contribution in [0.4, 0.5) is 0 Å². The largest absolute Gasteiger partial charge is 0.309 e. The van der Waals surface area contributed by atoms with Crippen molar-refractivity contribution in [3.05, 3.63) is 187 Å². The van der Waals surface area contributed by atoms with E-state index in [0.717, 1.165) is 71.8 Å². The Balaban J connectivity index is 1.03. The van der Waals surface area contributed by atoms with Gasteiger partial charge in [0.25, 0.3) is 0 Å². The second-order valence-electron chi connectivity index (χ2n) is 14.0. The summed E-state index contributed by atoms with van der Waals surface area (Å²) in [5, 5.41) is 27.3. The molecule has 0 spiro atoms. The average molecular weight is 700 g/mol. The van der Waals surface area contributed by atoms with E-state index >= 15 is 0 Å². The quantitative estimate of drug-likeness (QED) is 0.184. The van der Waals surface area contributed by atoms with Crippen molar-refractivity contribution in [1.82, 2.24) is 13.7 Å². The summed E-state index contributed by atoms with van der Waals surface area (Å²) in [4.78, 5) is 0. The highest BCUT2D eigenvalue weighted by Crippen LogP contribution is 2.39. The molecule has 0 N–H and O–H groups in total. The minimum atomic E-state index is 0.599. The molecule has 3 aromatic heterocycles. The highest BCUT2D eigenvalue weighted by molar-refractivity contribution is 6.13. The van der Waals surface area contributed by atoms with Gasteiger partial charge in [-0.2, -0.15) is 10.5 Å². The van der Waals surface area contributed by atoms with E-state index in [1.807, 2.05) is 36.4 Å². The first-order valence-corrected chi connectivity index (χ1v) is 18.3. The van der Waals surface area contributed by atoms with E-state index in [-0.39, 0.29) is 0 Å². The van der Waals surface area contributed by atoms with Crippen molar-refractivity contribution in [2.24, 2.45) is 0 Å². The second kappa shape index (κ2) is 11.8. The van der Waals surface area contributed by atoms with Crippen LogP contribution in [-0.4, -0.2) is 13.7 Å². The molecular weight excluding hydrogens is 671 g/mol. The Hall–Kier alpha value is -7.86. The van der Waals surface area contributed by atoms with Crippen LogP contribution in [0.2, 0.25) is 0 Å². The SMILES string of the molecule is N#Cc1ccc2c3ccccc3n(-c3ccc(-c4ccc(-n5c6ccccc6c6cc(-n7c8ccccc8c8ccccc87)ccc65)c(C#N)c4)cc3)c2c1. The van der Waals surface area contributed by atoms with E-state index in [1.54, 1.807) is 0 Å². The third-order valence-corrected chi connectivity index (χ3v) is 11.1. The van der Waals surface area contributed by atoms with Gasteiger partial charge in [0.05, 0.1) is 56.0 Å². The zero-order valence-electron chi connectivity index (χ0n) is 29.5. The second-order valence-corrected chi connectivity index (χ2v) is 14.0. The van der Waals surface area contributed by atoms with Crippen LogP contribution in [0.15, 0.2) is 176 Å². The summed E-state index contributed by atoms with van der Waals surface area (Å²) in [5.74, 6) is 0. The molecule has 0 amide bonds. The summed E-state index contributed by atoms with van der Waals surface area (Å²) in [5.41, 5.74) is 12.7. The zero-order valence-corrected chi connectivity index (χ0v) is 29.5. The molecule has 0 aliphatic rings. The maximum absolute atomic E-state index is 10.6. The number of nitriles is 2. The lowest BCUT2D eigenvalue weighted by molar-refractivity contribution is 1.16. The Bertz CT molecular complexity index is 3400. The van der Waals surface area contributed by atoms with Gasteiger partial charge in [0.1, 0.15) is 6.07 Å². The smallest absolute Gasteiger partial charge is 0.101 e. The molecule has 0 saturated carbocycles. The zero-order chi connectivity index (χ0) is 36.6. The van der Waals surface area contributed by atoms with Gasteiger partial charge in [0, 0.05) is 43.7 Å². The number of para-hydroxylation sites is 4. The molecule has 0 aliphatic heterocycles. The van der Waals surface area contributed by atoms with Crippen LogP contribution >= 0.6 is 0 Å². The molecule has 5 nitrogen and oxygen atoms in total. The lowest BCUT2D eigenvalue weighted by Gasteiger charge is -2.13. The van der Waals surface area contributed by atoms with Crippen LogP contribution < -0.4 is 0 Å². The van der Waals surface area contributed by atoms with Crippen molar-refractivity contribution in [1.29, 1.82) is 10.5 Å². The fourth-order valence-corrected chi connectivity index (χ4v) is 8.68. The van der Waals surface area contributed by atoms with Crippen molar-refractivity contribution in [2.45, 2.75) is 0 Å². The maximum atomic E-state index is 10.6. The summed E-state index contributed by atoms with van der Waals surface area (Å²) < 4.78 is 6.79. The molecule has 11 aromatic rings. The van der Waals surface area contributed by atoms with Crippen LogP contribution in [0.25, 0.3) is 93.6 Å². The van der Waals surface area contributed by atoms with Crippen LogP contribution in [0.5, 0.6) is 0 Å². The highest BCUT2D eigenvalue weighted by atomic mass is 15.0. The Morgan fingerprint density at radius 1 is 0.327 bits per heavy atom. The predicted molar refractivity (Wildman–Crippen MR) is 224 cm³/mol. The molecule has 0 radical (unpaired) electrons. The van der Waals surface area contributed by atoms with Crippen LogP contribution in [0.3, 0.4) is 0 Å². The molecule has 8 aromatic carbocycles. The van der Waals surface area contributed by atoms with Crippen molar-refractivity contribution in [2.75, 3.05) is 0 Å². The molecule has 3 heterocycles. The topological polar surface area (TPSA) is 62.4 Å². The molecular formula is C50H29N5. The van der Waals surface area contributed by atoms with Crippen molar-refractivity contribution in [3.8, 4) is 40.3 Å². The Morgan fingerprint density at radius 2 is 0.818 bits per heavy atom. The Kier molecular flexibility index (Phi) is 6.61. The molecule has 0 fully saturated rings. The van der Waals surface area contributed by atoms with Crippen LogP contribution in [0, 0.1) is 22.7 Å². The number of fused-ring (bicyclic) bond motifs is 9. The number of hydrogen-bond donors (Lipinski definition) is 0. The first-order chi connectivity index (χ1) is 27.2. The fraction of sp³-hybridized carbons (Fsp3) is 0. The van der Waals surface area contributed by atoms with Crippen molar-refractivity contribution < 1.29 is 0 Å². The number of nitrogens with zero attached hydrogens (tertiary/aromatic N) is 5. The molecule has 0 bridgehead atoms. The molecule has 5 heteroatoms. The fourth-order valence-electron chi connectivity index (χ4n) is 8.68. The van der Waals surface area contributed by atoms with Gasteiger partial charge < -0.3 is 13.7 Å². The third-order valence-electron chi connectivity index (χ3n) is 11.1. The van der Waals surface area contributed by atoms with E-state index in [4.69, 9.17) is 0 Å². The van der Waals surface area contributed by atoms with Gasteiger partial charge in [-0.1, -0.05) is 97.1 Å². The van der Waals surface area contributed by atoms with Gasteiger partial charge in [-0.3, -0.25) is 0 Å². The average Bonchev–Trinajstić information content (AvgIpc) is 3.88. The predicted octanol–water partition coefficient (Wildman–Crippen LogP) is 12.4. The maximum Gasteiger partial charge on any atom is 0.101 e. The standard InChI is InChI=1S/C50H29N5/c51-30-32-17-24-42-40-11-3-5-13-45(40)53(50(42)27-32)36-21-18-33(19-22-36)34-20-25-44(35(28-34)31-52)55-48-16-8-4-12-41(48)43-29-37(23-26-49(43)55)54-46-14-6-1-9-38(46)39-10-2-7-15-47(39)54/h1-29H. The third kappa shape index (κ3) is 4.51. The number of rotatable bonds is 4. The van der Waals surface area contributed by atoms with Gasteiger partial charge in [-0.15, -0.1) is 0 Å². The van der Waals surface area contributed by atoms with Crippen LogP contribution in [0.1, 0.15) is 11.1 Å². The molecule has 0 aliphatic carbocycles. The Labute approximate surface area is 316 Å². The van der Waals surface area contributed by atoms with Crippen LogP contribution in [-0.2, 0) is 0 Å². The number of aromatic nitrogens is 3. The minimum absolute atomic E-state index is 0.599. The lowest BCUT2D eigenvalue weighted by atomic mass is 10.0. The van der Waals surface area contributed by atoms with E-state index < -0.39 is 0 Å². The van der Waals surface area contributed by atoms with Gasteiger partial charge in [0.2, 0.25) is 0 Å². The van der Waals surface area contributed by atoms with Gasteiger partial charge in [-0.25, -0.2) is 0 Å². The summed E-state index contributed by atoms with van der Waals surface area (Å²) in [6.45, 7) is 0. The first kappa shape index (κ1) is 30.7. The summed E-state index contributed by atoms with van der Waals surface area (Å²) >= 11 is 0. The molecule has 0 atom stereocenters. The van der Waals surface area contributed by atoms with Crippen molar-refractivity contribution >= 4 is 65.4 Å². The van der Waals surface area contributed by atoms with E-state index in [2.05, 4.69) is 165 Å². The number of hydrogen-bond acceptors (Lipinski definition) is 2. The summed E-state index contributed by atoms with van der Waals surface area (Å²) in [6, 6.07) is 65.9. The van der Waals surface area contributed by atoms with E-state index in [9.17, 15) is 10.5 Å². The lowest BCUT2D eigenvalue weighted by Crippen LogP contribution is -1.99. The van der Waals surface area contributed by atoms with E-state index in [1.165, 1.54) is 21.8 Å². The van der Waals surface area contributed by atoms with Crippen molar-refractivity contribution in [3.63, 3.8) is 0 Å². The van der Waals surface area contributed by atoms with Gasteiger partial charge >= 0.3 is 0 Å². The molecule has 254 valence electrons.